The fourth-order valence-electron chi connectivity index (χ4n) is 0.856. The molecular formula is C8H11KO6. The van der Waals surface area contributed by atoms with Crippen LogP contribution in [0.25, 0.3) is 0 Å². The van der Waals surface area contributed by atoms with Crippen LogP contribution in [0, 0.1) is 0 Å². The van der Waals surface area contributed by atoms with Gasteiger partial charge in [0.25, 0.3) is 0 Å². The van der Waals surface area contributed by atoms with Crippen molar-refractivity contribution in [2.24, 2.45) is 0 Å². The second-order valence-corrected chi connectivity index (χ2v) is 2.16. The van der Waals surface area contributed by atoms with E-state index in [2.05, 4.69) is 0 Å². The van der Waals surface area contributed by atoms with Crippen molar-refractivity contribution in [3.63, 3.8) is 0 Å². The van der Waals surface area contributed by atoms with Crippen LogP contribution < -0.4 is 0 Å². The minimum absolute atomic E-state index is 0. The summed E-state index contributed by atoms with van der Waals surface area (Å²) < 4.78 is 0. The van der Waals surface area contributed by atoms with Crippen molar-refractivity contribution in [2.45, 2.75) is 0 Å². The van der Waals surface area contributed by atoms with Crippen LogP contribution in [0.1, 0.15) is 20.7 Å². The van der Waals surface area contributed by atoms with Crippen LogP contribution in [-0.2, 0) is 0 Å². The van der Waals surface area contributed by atoms with Crippen LogP contribution >= 0.6 is 0 Å². The van der Waals surface area contributed by atoms with Gasteiger partial charge >= 0.3 is 63.3 Å². The first-order valence-corrected chi connectivity index (χ1v) is 3.18. The molecule has 80 valence electrons. The topological polar surface area (TPSA) is 138 Å². The van der Waals surface area contributed by atoms with Gasteiger partial charge in [0.05, 0.1) is 11.1 Å². The first-order valence-electron chi connectivity index (χ1n) is 3.18. The molecule has 6 N–H and O–H groups in total. The molecule has 0 amide bonds. The number of hydrogen-bond donors (Lipinski definition) is 2. The van der Waals surface area contributed by atoms with Gasteiger partial charge in [-0.15, -0.1) is 0 Å². The Balaban J connectivity index is -0.000000480. The van der Waals surface area contributed by atoms with Crippen LogP contribution in [0.5, 0.6) is 0 Å². The second kappa shape index (κ2) is 8.98. The van der Waals surface area contributed by atoms with Crippen LogP contribution in [0.4, 0.5) is 0 Å². The molecule has 0 saturated heterocycles. The molecule has 1 aromatic rings. The van der Waals surface area contributed by atoms with Crippen molar-refractivity contribution in [3.8, 4) is 0 Å². The third-order valence-electron chi connectivity index (χ3n) is 1.39. The fourth-order valence-corrected chi connectivity index (χ4v) is 0.856. The molecule has 1 aromatic carbocycles. The zero-order valence-corrected chi connectivity index (χ0v) is 7.02. The third kappa shape index (κ3) is 5.38. The van der Waals surface area contributed by atoms with Crippen molar-refractivity contribution < 1.29 is 30.8 Å². The third-order valence-corrected chi connectivity index (χ3v) is 1.39. The summed E-state index contributed by atoms with van der Waals surface area (Å²) in [6, 6.07) is 5.48. The van der Waals surface area contributed by atoms with E-state index in [0.717, 1.165) is 0 Å². The SMILES string of the molecule is O.O.O=C(O)c1ccccc1C(=O)O.[KH]. The molecule has 0 saturated carbocycles. The Morgan fingerprint density at radius 1 is 0.867 bits per heavy atom. The van der Waals surface area contributed by atoms with E-state index < -0.39 is 11.9 Å². The summed E-state index contributed by atoms with van der Waals surface area (Å²) in [5.74, 6) is -2.46. The van der Waals surface area contributed by atoms with Gasteiger partial charge < -0.3 is 21.2 Å². The Morgan fingerprint density at radius 3 is 1.33 bits per heavy atom. The van der Waals surface area contributed by atoms with Gasteiger partial charge in [-0.2, -0.15) is 0 Å². The maximum absolute atomic E-state index is 10.5. The first-order chi connectivity index (χ1) is 5.63. The molecule has 0 fully saturated rings. The van der Waals surface area contributed by atoms with Crippen LogP contribution in [0.2, 0.25) is 0 Å². The quantitative estimate of drug-likeness (QED) is 0.628. The van der Waals surface area contributed by atoms with E-state index in [0.29, 0.717) is 0 Å². The zero-order chi connectivity index (χ0) is 9.14. The summed E-state index contributed by atoms with van der Waals surface area (Å²) in [6.07, 6.45) is 0. The van der Waals surface area contributed by atoms with Crippen LogP contribution in [0.3, 0.4) is 0 Å². The Bertz CT molecular complexity index is 305. The van der Waals surface area contributed by atoms with Crippen LogP contribution in [0.15, 0.2) is 24.3 Å². The Hall–Kier alpha value is -0.284. The average molecular weight is 242 g/mol. The Labute approximate surface area is 128 Å². The van der Waals surface area contributed by atoms with E-state index in [1.165, 1.54) is 24.3 Å². The number of carboxylic acids is 2. The van der Waals surface area contributed by atoms with Crippen LogP contribution in [-0.4, -0.2) is 84.5 Å². The van der Waals surface area contributed by atoms with Crippen molar-refractivity contribution in [1.82, 2.24) is 0 Å². The van der Waals surface area contributed by atoms with Gasteiger partial charge in [-0.1, -0.05) is 12.1 Å². The van der Waals surface area contributed by atoms with Gasteiger partial charge in [0.1, 0.15) is 0 Å². The molecule has 0 heterocycles. The summed E-state index contributed by atoms with van der Waals surface area (Å²) in [5.41, 5.74) is -0.380. The van der Waals surface area contributed by atoms with E-state index >= 15 is 0 Å². The van der Waals surface area contributed by atoms with Gasteiger partial charge in [-0.05, 0) is 12.1 Å². The molecule has 0 unspecified atom stereocenters. The number of carbonyl (C=O) groups is 2. The molecule has 1 rings (SSSR count). The Morgan fingerprint density at radius 2 is 1.13 bits per heavy atom. The molecule has 0 atom stereocenters. The first kappa shape index (κ1) is 20.2. The molecule has 0 aromatic heterocycles. The molecule has 0 aliphatic rings. The summed E-state index contributed by atoms with van der Waals surface area (Å²) in [7, 11) is 0. The van der Waals surface area contributed by atoms with Gasteiger partial charge in [0.15, 0.2) is 0 Å². The molecule has 0 aliphatic carbocycles. The normalized spacial score (nSPS) is 7.47. The van der Waals surface area contributed by atoms with Gasteiger partial charge in [0, 0.05) is 0 Å². The average Bonchev–Trinajstić information content (AvgIpc) is 2.04. The van der Waals surface area contributed by atoms with E-state index in [4.69, 9.17) is 10.2 Å². The summed E-state index contributed by atoms with van der Waals surface area (Å²) >= 11 is 0. The number of rotatable bonds is 2. The minimum atomic E-state index is -1.23. The number of carboxylic acid groups (broad SMARTS) is 2. The van der Waals surface area contributed by atoms with E-state index in [9.17, 15) is 9.59 Å². The second-order valence-electron chi connectivity index (χ2n) is 2.16. The van der Waals surface area contributed by atoms with Crippen molar-refractivity contribution in [1.29, 1.82) is 0 Å². The standard InChI is InChI=1S/C8H6O4.K.2H2O.H/c9-7(10)5-3-1-2-4-6(5)8(11)12;;;;/h1-4H,(H,9,10)(H,11,12);;2*1H2;. The van der Waals surface area contributed by atoms with E-state index in [-0.39, 0.29) is 73.5 Å². The summed E-state index contributed by atoms with van der Waals surface area (Å²) in [4.78, 5) is 20.9. The fraction of sp³-hybridized carbons (Fsp3) is 0. The predicted octanol–water partition coefficient (Wildman–Crippen LogP) is -1.21. The Kier molecular flexibility index (Phi) is 12.1. The number of aromatic carboxylic acids is 2. The molecule has 0 aliphatic heterocycles. The summed E-state index contributed by atoms with van der Waals surface area (Å²) in [5, 5.41) is 17.1. The van der Waals surface area contributed by atoms with Crippen molar-refractivity contribution in [3.05, 3.63) is 35.4 Å². The van der Waals surface area contributed by atoms with Crippen molar-refractivity contribution in [2.75, 3.05) is 0 Å². The maximum atomic E-state index is 10.5. The molecule has 7 heteroatoms. The van der Waals surface area contributed by atoms with E-state index in [1.807, 2.05) is 0 Å². The number of benzene rings is 1. The molecule has 0 spiro atoms. The van der Waals surface area contributed by atoms with Gasteiger partial charge in [-0.3, -0.25) is 0 Å². The summed E-state index contributed by atoms with van der Waals surface area (Å²) in [6.45, 7) is 0. The van der Waals surface area contributed by atoms with Gasteiger partial charge in [-0.25, -0.2) is 9.59 Å². The molecule has 0 radical (unpaired) electrons. The molecular weight excluding hydrogens is 231 g/mol. The van der Waals surface area contributed by atoms with E-state index in [1.54, 1.807) is 0 Å². The predicted molar refractivity (Wildman–Crippen MR) is 54.7 cm³/mol. The molecule has 0 bridgehead atoms. The number of hydrogen-bond acceptors (Lipinski definition) is 2. The zero-order valence-electron chi connectivity index (χ0n) is 7.02. The van der Waals surface area contributed by atoms with Gasteiger partial charge in [0.2, 0.25) is 0 Å². The molecule has 6 nitrogen and oxygen atoms in total. The molecule has 15 heavy (non-hydrogen) atoms. The van der Waals surface area contributed by atoms with Crippen molar-refractivity contribution >= 4 is 63.3 Å². The monoisotopic (exact) mass is 242 g/mol.